The lowest BCUT2D eigenvalue weighted by molar-refractivity contribution is -0.142. The van der Waals surface area contributed by atoms with Crippen LogP contribution in [0, 0.1) is 0 Å². The lowest BCUT2D eigenvalue weighted by Gasteiger charge is -2.11. The largest absolute Gasteiger partial charge is 0.493 e. The highest BCUT2D eigenvalue weighted by atomic mass is 16.5. The maximum atomic E-state index is 12.8. The summed E-state index contributed by atoms with van der Waals surface area (Å²) in [6.45, 7) is -0.508. The second kappa shape index (κ2) is 11.3. The van der Waals surface area contributed by atoms with Gasteiger partial charge in [-0.25, -0.2) is 4.79 Å². The number of hydrogen-bond donors (Lipinski definition) is 1. The summed E-state index contributed by atoms with van der Waals surface area (Å²) >= 11 is 0. The smallest absolute Gasteiger partial charge is 0.331 e. The van der Waals surface area contributed by atoms with Crippen LogP contribution in [0.3, 0.4) is 0 Å². The minimum atomic E-state index is -0.705. The third kappa shape index (κ3) is 6.07. The SMILES string of the molecule is COc1cccc(/C=C/C(=O)OCC(=O)Nc2ccccc2C(=O)c2ccccc2)c1OC. The molecule has 168 valence electrons. The molecule has 0 saturated heterocycles. The molecule has 0 radical (unpaired) electrons. The molecule has 1 N–H and O–H groups in total. The van der Waals surface area contributed by atoms with E-state index in [0.29, 0.717) is 33.9 Å². The molecule has 0 aliphatic rings. The van der Waals surface area contributed by atoms with Crippen LogP contribution in [0.4, 0.5) is 5.69 Å². The highest BCUT2D eigenvalue weighted by Crippen LogP contribution is 2.31. The van der Waals surface area contributed by atoms with Gasteiger partial charge in [0.15, 0.2) is 23.9 Å². The number of amides is 1. The number of benzene rings is 3. The maximum absolute atomic E-state index is 12.8. The molecule has 0 spiro atoms. The average molecular weight is 445 g/mol. The van der Waals surface area contributed by atoms with Gasteiger partial charge in [-0.15, -0.1) is 0 Å². The van der Waals surface area contributed by atoms with E-state index in [9.17, 15) is 14.4 Å². The maximum Gasteiger partial charge on any atom is 0.331 e. The minimum Gasteiger partial charge on any atom is -0.493 e. The van der Waals surface area contributed by atoms with E-state index in [-0.39, 0.29) is 5.78 Å². The Balaban J connectivity index is 1.61. The van der Waals surface area contributed by atoms with E-state index >= 15 is 0 Å². The molecule has 0 aliphatic heterocycles. The molecule has 0 unspecified atom stereocenters. The number of nitrogens with one attached hydrogen (secondary N) is 1. The number of methoxy groups -OCH3 is 2. The van der Waals surface area contributed by atoms with Crippen LogP contribution in [0.15, 0.2) is 78.9 Å². The van der Waals surface area contributed by atoms with Gasteiger partial charge in [0.1, 0.15) is 0 Å². The minimum absolute atomic E-state index is 0.223. The summed E-state index contributed by atoms with van der Waals surface area (Å²) in [6.07, 6.45) is 2.70. The fourth-order valence-electron chi connectivity index (χ4n) is 3.11. The number of ketones is 1. The van der Waals surface area contributed by atoms with Crippen molar-refractivity contribution in [1.29, 1.82) is 0 Å². The fraction of sp³-hybridized carbons (Fsp3) is 0.115. The van der Waals surface area contributed by atoms with Gasteiger partial charge in [-0.1, -0.05) is 54.6 Å². The Morgan fingerprint density at radius 2 is 1.58 bits per heavy atom. The van der Waals surface area contributed by atoms with Crippen LogP contribution in [0.2, 0.25) is 0 Å². The Morgan fingerprint density at radius 3 is 2.30 bits per heavy atom. The Kier molecular flexibility index (Phi) is 7.96. The van der Waals surface area contributed by atoms with E-state index in [2.05, 4.69) is 5.32 Å². The van der Waals surface area contributed by atoms with Crippen molar-refractivity contribution >= 4 is 29.4 Å². The molecule has 0 aliphatic carbocycles. The van der Waals surface area contributed by atoms with Crippen LogP contribution in [0.25, 0.3) is 6.08 Å². The van der Waals surface area contributed by atoms with E-state index in [1.165, 1.54) is 26.4 Å². The Hall–Kier alpha value is -4.39. The van der Waals surface area contributed by atoms with Crippen molar-refractivity contribution < 1.29 is 28.6 Å². The molecule has 0 saturated carbocycles. The molecule has 1 amide bonds. The molecule has 0 fully saturated rings. The van der Waals surface area contributed by atoms with Crippen molar-refractivity contribution in [2.45, 2.75) is 0 Å². The molecular weight excluding hydrogens is 422 g/mol. The zero-order valence-electron chi connectivity index (χ0n) is 18.2. The summed E-state index contributed by atoms with van der Waals surface area (Å²) in [5.41, 5.74) is 1.80. The number of hydrogen-bond acceptors (Lipinski definition) is 6. The van der Waals surface area contributed by atoms with Crippen molar-refractivity contribution in [1.82, 2.24) is 0 Å². The Labute approximate surface area is 191 Å². The number of rotatable bonds is 9. The van der Waals surface area contributed by atoms with Gasteiger partial charge >= 0.3 is 5.97 Å². The highest BCUT2D eigenvalue weighted by Gasteiger charge is 2.15. The molecule has 0 heterocycles. The van der Waals surface area contributed by atoms with Crippen LogP contribution in [0.5, 0.6) is 11.5 Å². The zero-order chi connectivity index (χ0) is 23.6. The molecule has 7 nitrogen and oxygen atoms in total. The second-order valence-corrected chi connectivity index (χ2v) is 6.81. The number of esters is 1. The highest BCUT2D eigenvalue weighted by molar-refractivity contribution is 6.13. The topological polar surface area (TPSA) is 90.9 Å². The van der Waals surface area contributed by atoms with E-state index in [1.807, 2.05) is 6.07 Å². The predicted molar refractivity (Wildman–Crippen MR) is 124 cm³/mol. The van der Waals surface area contributed by atoms with Gasteiger partial charge in [0.2, 0.25) is 0 Å². The fourth-order valence-corrected chi connectivity index (χ4v) is 3.11. The normalized spacial score (nSPS) is 10.5. The summed E-state index contributed by atoms with van der Waals surface area (Å²) in [6, 6.07) is 20.6. The standard InChI is InChI=1S/C26H23NO6/c1-31-22-14-8-11-19(26(22)32-2)15-16-24(29)33-17-23(28)27-21-13-7-6-12-20(21)25(30)18-9-4-3-5-10-18/h3-16H,17H2,1-2H3,(H,27,28)/b16-15+. The van der Waals surface area contributed by atoms with Gasteiger partial charge in [-0.05, 0) is 24.3 Å². The number of carbonyl (C=O) groups is 3. The third-order valence-corrected chi connectivity index (χ3v) is 4.66. The van der Waals surface area contributed by atoms with Gasteiger partial charge < -0.3 is 19.5 Å². The number of anilines is 1. The third-order valence-electron chi connectivity index (χ3n) is 4.66. The van der Waals surface area contributed by atoms with Crippen LogP contribution in [0.1, 0.15) is 21.5 Å². The molecule has 33 heavy (non-hydrogen) atoms. The van der Waals surface area contributed by atoms with Crippen molar-refractivity contribution in [2.24, 2.45) is 0 Å². The Bertz CT molecular complexity index is 1170. The second-order valence-electron chi connectivity index (χ2n) is 6.81. The molecular formula is C26H23NO6. The summed E-state index contributed by atoms with van der Waals surface area (Å²) < 4.78 is 15.5. The molecule has 0 bridgehead atoms. The van der Waals surface area contributed by atoms with Gasteiger partial charge in [-0.3, -0.25) is 9.59 Å². The van der Waals surface area contributed by atoms with Crippen molar-refractivity contribution in [3.8, 4) is 11.5 Å². The molecule has 0 atom stereocenters. The van der Waals surface area contributed by atoms with Crippen LogP contribution in [-0.4, -0.2) is 38.5 Å². The van der Waals surface area contributed by atoms with E-state index in [1.54, 1.807) is 66.7 Å². The lowest BCUT2D eigenvalue weighted by atomic mass is 10.0. The summed E-state index contributed by atoms with van der Waals surface area (Å²) in [5.74, 6) is -0.496. The van der Waals surface area contributed by atoms with E-state index in [0.717, 1.165) is 0 Å². The monoisotopic (exact) mass is 445 g/mol. The van der Waals surface area contributed by atoms with Crippen LogP contribution >= 0.6 is 0 Å². The molecule has 0 aromatic heterocycles. The number of ether oxygens (including phenoxy) is 3. The van der Waals surface area contributed by atoms with Crippen LogP contribution < -0.4 is 14.8 Å². The predicted octanol–water partition coefficient (Wildman–Crippen LogP) is 4.13. The van der Waals surface area contributed by atoms with Crippen molar-refractivity contribution in [3.63, 3.8) is 0 Å². The van der Waals surface area contributed by atoms with Gasteiger partial charge in [-0.2, -0.15) is 0 Å². The summed E-state index contributed by atoms with van der Waals surface area (Å²) in [7, 11) is 3.02. The average Bonchev–Trinajstić information content (AvgIpc) is 2.86. The first-order valence-electron chi connectivity index (χ1n) is 10.1. The molecule has 7 heteroatoms. The van der Waals surface area contributed by atoms with E-state index in [4.69, 9.17) is 14.2 Å². The molecule has 3 aromatic carbocycles. The quantitative estimate of drug-likeness (QED) is 0.303. The van der Waals surface area contributed by atoms with Gasteiger partial charge in [0.25, 0.3) is 5.91 Å². The lowest BCUT2D eigenvalue weighted by Crippen LogP contribution is -2.21. The number of carbonyl (C=O) groups excluding carboxylic acids is 3. The summed E-state index contributed by atoms with van der Waals surface area (Å²) in [5, 5.41) is 2.63. The zero-order valence-corrected chi connectivity index (χ0v) is 18.2. The number of para-hydroxylation sites is 2. The summed E-state index contributed by atoms with van der Waals surface area (Å²) in [4.78, 5) is 37.2. The van der Waals surface area contributed by atoms with Crippen molar-refractivity contribution in [2.75, 3.05) is 26.1 Å². The molecule has 3 aromatic rings. The van der Waals surface area contributed by atoms with Crippen LogP contribution in [-0.2, 0) is 14.3 Å². The first-order chi connectivity index (χ1) is 16.0. The molecule has 3 rings (SSSR count). The van der Waals surface area contributed by atoms with Crippen molar-refractivity contribution in [3.05, 3.63) is 95.6 Å². The first-order valence-corrected chi connectivity index (χ1v) is 10.1. The van der Waals surface area contributed by atoms with E-state index < -0.39 is 18.5 Å². The van der Waals surface area contributed by atoms with Gasteiger partial charge in [0, 0.05) is 22.8 Å². The Morgan fingerprint density at radius 1 is 0.848 bits per heavy atom. The first kappa shape index (κ1) is 23.3. The van der Waals surface area contributed by atoms with Gasteiger partial charge in [0.05, 0.1) is 19.9 Å².